The van der Waals surface area contributed by atoms with Crippen molar-refractivity contribution in [3.63, 3.8) is 0 Å². The monoisotopic (exact) mass is 236 g/mol. The van der Waals surface area contributed by atoms with Gasteiger partial charge in [0.15, 0.2) is 0 Å². The zero-order chi connectivity index (χ0) is 11.5. The summed E-state index contributed by atoms with van der Waals surface area (Å²) in [7, 11) is 0. The topological polar surface area (TPSA) is 38.0 Å². The highest BCUT2D eigenvalue weighted by Crippen LogP contribution is 2.27. The molecule has 1 aliphatic rings. The molecule has 0 radical (unpaired) electrons. The summed E-state index contributed by atoms with van der Waals surface area (Å²) >= 11 is 1.86. The Kier molecular flexibility index (Phi) is 3.79. The van der Waals surface area contributed by atoms with Crippen LogP contribution in [0.3, 0.4) is 0 Å². The highest BCUT2D eigenvalue weighted by atomic mass is 32.1. The summed E-state index contributed by atoms with van der Waals surface area (Å²) < 4.78 is 0. The van der Waals surface area contributed by atoms with Crippen LogP contribution in [0.15, 0.2) is 18.2 Å². The Morgan fingerprint density at radius 2 is 2.12 bits per heavy atom. The van der Waals surface area contributed by atoms with Crippen LogP contribution in [-0.4, -0.2) is 12.6 Å². The van der Waals surface area contributed by atoms with Gasteiger partial charge >= 0.3 is 0 Å². The smallest absolute Gasteiger partial charge is 0.0457 e. The SMILES string of the molecule is Cc1cc(C(CN)NC2CC=CC2)c(C)s1. The Labute approximate surface area is 102 Å². The van der Waals surface area contributed by atoms with Gasteiger partial charge in [0.1, 0.15) is 0 Å². The van der Waals surface area contributed by atoms with Gasteiger partial charge in [0.25, 0.3) is 0 Å². The van der Waals surface area contributed by atoms with E-state index in [1.165, 1.54) is 15.3 Å². The number of nitrogens with two attached hydrogens (primary N) is 1. The fraction of sp³-hybridized carbons (Fsp3) is 0.538. The fourth-order valence-corrected chi connectivity index (χ4v) is 3.31. The first-order valence-electron chi connectivity index (χ1n) is 5.88. The zero-order valence-electron chi connectivity index (χ0n) is 9.99. The summed E-state index contributed by atoms with van der Waals surface area (Å²) in [5.41, 5.74) is 7.27. The summed E-state index contributed by atoms with van der Waals surface area (Å²) in [6.45, 7) is 5.02. The normalized spacial score (nSPS) is 18.2. The number of aryl methyl sites for hydroxylation is 2. The zero-order valence-corrected chi connectivity index (χ0v) is 10.8. The molecule has 0 saturated carbocycles. The second kappa shape index (κ2) is 5.13. The average Bonchev–Trinajstić information content (AvgIpc) is 2.85. The van der Waals surface area contributed by atoms with Crippen molar-refractivity contribution in [1.82, 2.24) is 5.32 Å². The second-order valence-corrected chi connectivity index (χ2v) is 5.92. The number of hydrogen-bond donors (Lipinski definition) is 2. The first-order valence-corrected chi connectivity index (χ1v) is 6.70. The van der Waals surface area contributed by atoms with Crippen LogP contribution in [0.5, 0.6) is 0 Å². The van der Waals surface area contributed by atoms with Crippen molar-refractivity contribution >= 4 is 11.3 Å². The van der Waals surface area contributed by atoms with Gasteiger partial charge in [-0.05, 0) is 38.3 Å². The third-order valence-electron chi connectivity index (χ3n) is 3.14. The van der Waals surface area contributed by atoms with E-state index in [4.69, 9.17) is 5.73 Å². The second-order valence-electron chi connectivity index (χ2n) is 4.46. The first-order chi connectivity index (χ1) is 7.70. The Balaban J connectivity index is 2.06. The Morgan fingerprint density at radius 3 is 2.62 bits per heavy atom. The molecule has 88 valence electrons. The highest BCUT2D eigenvalue weighted by Gasteiger charge is 2.19. The minimum absolute atomic E-state index is 0.315. The molecule has 0 bridgehead atoms. The van der Waals surface area contributed by atoms with Crippen molar-refractivity contribution in [2.75, 3.05) is 6.54 Å². The molecule has 1 heterocycles. The maximum absolute atomic E-state index is 5.88. The van der Waals surface area contributed by atoms with Crippen LogP contribution < -0.4 is 11.1 Å². The van der Waals surface area contributed by atoms with E-state index in [1.807, 2.05) is 11.3 Å². The molecule has 16 heavy (non-hydrogen) atoms. The maximum atomic E-state index is 5.88. The van der Waals surface area contributed by atoms with Gasteiger partial charge in [0.05, 0.1) is 0 Å². The van der Waals surface area contributed by atoms with E-state index in [1.54, 1.807) is 0 Å². The molecule has 1 aromatic heterocycles. The van der Waals surface area contributed by atoms with Crippen molar-refractivity contribution in [2.24, 2.45) is 5.73 Å². The third-order valence-corrected chi connectivity index (χ3v) is 4.12. The molecule has 0 aromatic carbocycles. The van der Waals surface area contributed by atoms with Gasteiger partial charge in [-0.25, -0.2) is 0 Å². The molecule has 0 fully saturated rings. The van der Waals surface area contributed by atoms with Gasteiger partial charge in [0, 0.05) is 28.4 Å². The molecule has 0 amide bonds. The summed E-state index contributed by atoms with van der Waals surface area (Å²) in [5, 5.41) is 3.66. The van der Waals surface area contributed by atoms with Gasteiger partial charge < -0.3 is 11.1 Å². The lowest BCUT2D eigenvalue weighted by Crippen LogP contribution is -2.35. The van der Waals surface area contributed by atoms with Gasteiger partial charge in [-0.1, -0.05) is 12.2 Å². The molecule has 2 nitrogen and oxygen atoms in total. The summed E-state index contributed by atoms with van der Waals surface area (Å²) in [6, 6.07) is 3.16. The number of nitrogens with one attached hydrogen (secondary N) is 1. The van der Waals surface area contributed by atoms with Crippen molar-refractivity contribution < 1.29 is 0 Å². The van der Waals surface area contributed by atoms with Gasteiger partial charge in [-0.2, -0.15) is 0 Å². The molecule has 3 N–H and O–H groups in total. The number of hydrogen-bond acceptors (Lipinski definition) is 3. The standard InChI is InChI=1S/C13H20N2S/c1-9-7-12(10(2)16-9)13(8-14)15-11-5-3-4-6-11/h3-4,7,11,13,15H,5-6,8,14H2,1-2H3. The molecule has 0 aliphatic heterocycles. The van der Waals surface area contributed by atoms with Crippen LogP contribution in [0.1, 0.15) is 34.2 Å². The molecule has 2 rings (SSSR count). The lowest BCUT2D eigenvalue weighted by molar-refractivity contribution is 0.453. The molecule has 1 aliphatic carbocycles. The van der Waals surface area contributed by atoms with E-state index in [9.17, 15) is 0 Å². The van der Waals surface area contributed by atoms with Crippen molar-refractivity contribution in [3.8, 4) is 0 Å². The third kappa shape index (κ3) is 2.54. The van der Waals surface area contributed by atoms with Crippen LogP contribution in [-0.2, 0) is 0 Å². The minimum atomic E-state index is 0.315. The van der Waals surface area contributed by atoms with E-state index in [2.05, 4.69) is 37.4 Å². The Morgan fingerprint density at radius 1 is 1.44 bits per heavy atom. The van der Waals surface area contributed by atoms with Gasteiger partial charge in [-0.3, -0.25) is 0 Å². The van der Waals surface area contributed by atoms with Crippen LogP contribution in [0.2, 0.25) is 0 Å². The first kappa shape index (κ1) is 11.8. The van der Waals surface area contributed by atoms with E-state index in [0.717, 1.165) is 12.8 Å². The lowest BCUT2D eigenvalue weighted by atomic mass is 10.1. The molecule has 3 heteroatoms. The Hall–Kier alpha value is -0.640. The van der Waals surface area contributed by atoms with E-state index in [0.29, 0.717) is 18.6 Å². The molecule has 0 spiro atoms. The molecular weight excluding hydrogens is 216 g/mol. The molecule has 0 saturated heterocycles. The van der Waals surface area contributed by atoms with Crippen LogP contribution in [0.4, 0.5) is 0 Å². The van der Waals surface area contributed by atoms with Crippen molar-refractivity contribution in [2.45, 2.75) is 38.8 Å². The summed E-state index contributed by atoms with van der Waals surface area (Å²) in [6.07, 6.45) is 6.77. The maximum Gasteiger partial charge on any atom is 0.0457 e. The largest absolute Gasteiger partial charge is 0.329 e. The van der Waals surface area contributed by atoms with Crippen LogP contribution >= 0.6 is 11.3 Å². The van der Waals surface area contributed by atoms with Gasteiger partial charge in [0.2, 0.25) is 0 Å². The van der Waals surface area contributed by atoms with Crippen molar-refractivity contribution in [3.05, 3.63) is 33.5 Å². The number of thiophene rings is 1. The van der Waals surface area contributed by atoms with Crippen LogP contribution in [0, 0.1) is 13.8 Å². The average molecular weight is 236 g/mol. The molecule has 1 unspecified atom stereocenters. The molecule has 1 atom stereocenters. The minimum Gasteiger partial charge on any atom is -0.329 e. The quantitative estimate of drug-likeness (QED) is 0.789. The molecular formula is C13H20N2S. The van der Waals surface area contributed by atoms with Gasteiger partial charge in [-0.15, -0.1) is 11.3 Å². The highest BCUT2D eigenvalue weighted by molar-refractivity contribution is 7.12. The fourth-order valence-electron chi connectivity index (χ4n) is 2.32. The Bertz CT molecular complexity index is 373. The van der Waals surface area contributed by atoms with E-state index < -0.39 is 0 Å². The predicted octanol–water partition coefficient (Wildman–Crippen LogP) is 2.67. The number of rotatable bonds is 4. The van der Waals surface area contributed by atoms with E-state index >= 15 is 0 Å². The van der Waals surface area contributed by atoms with Crippen LogP contribution in [0.25, 0.3) is 0 Å². The molecule has 1 aromatic rings. The lowest BCUT2D eigenvalue weighted by Gasteiger charge is -2.21. The van der Waals surface area contributed by atoms with E-state index in [-0.39, 0.29) is 0 Å². The summed E-state index contributed by atoms with van der Waals surface area (Å²) in [5.74, 6) is 0. The summed E-state index contributed by atoms with van der Waals surface area (Å²) in [4.78, 5) is 2.77. The van der Waals surface area contributed by atoms with Crippen molar-refractivity contribution in [1.29, 1.82) is 0 Å². The predicted molar refractivity (Wildman–Crippen MR) is 70.9 cm³/mol.